The smallest absolute Gasteiger partial charge is 0.149 e. The van der Waals surface area contributed by atoms with Crippen molar-refractivity contribution in [2.75, 3.05) is 5.32 Å². The SMILES string of the molecule is Oc1cccc(CNc2ncnc3c(F)cccc23)c1. The van der Waals surface area contributed by atoms with Crippen molar-refractivity contribution in [1.29, 1.82) is 0 Å². The van der Waals surface area contributed by atoms with Crippen molar-refractivity contribution in [1.82, 2.24) is 9.97 Å². The van der Waals surface area contributed by atoms with E-state index in [9.17, 15) is 9.50 Å². The number of aromatic nitrogens is 2. The molecular formula is C15H12FN3O. The van der Waals surface area contributed by atoms with E-state index in [2.05, 4.69) is 15.3 Å². The first kappa shape index (κ1) is 12.3. The minimum absolute atomic E-state index is 0.211. The number of nitrogens with zero attached hydrogens (tertiary/aromatic N) is 2. The molecule has 0 bridgehead atoms. The molecule has 0 saturated heterocycles. The molecule has 3 rings (SSSR count). The zero-order chi connectivity index (χ0) is 13.9. The lowest BCUT2D eigenvalue weighted by molar-refractivity contribution is 0.474. The third kappa shape index (κ3) is 2.38. The predicted octanol–water partition coefficient (Wildman–Crippen LogP) is 3.09. The lowest BCUT2D eigenvalue weighted by atomic mass is 10.2. The van der Waals surface area contributed by atoms with Crippen molar-refractivity contribution < 1.29 is 9.50 Å². The van der Waals surface area contributed by atoms with E-state index in [1.165, 1.54) is 12.4 Å². The first-order chi connectivity index (χ1) is 9.74. The molecule has 0 aliphatic heterocycles. The van der Waals surface area contributed by atoms with E-state index in [1.807, 2.05) is 6.07 Å². The number of hydrogen-bond donors (Lipinski definition) is 2. The maximum atomic E-state index is 13.6. The maximum Gasteiger partial charge on any atom is 0.149 e. The summed E-state index contributed by atoms with van der Waals surface area (Å²) in [6, 6.07) is 11.7. The monoisotopic (exact) mass is 269 g/mol. The number of phenolic OH excluding ortho intramolecular Hbond substituents is 1. The fourth-order valence-corrected chi connectivity index (χ4v) is 2.04. The Morgan fingerprint density at radius 1 is 1.10 bits per heavy atom. The largest absolute Gasteiger partial charge is 0.508 e. The molecule has 20 heavy (non-hydrogen) atoms. The average molecular weight is 269 g/mol. The number of anilines is 1. The number of benzene rings is 2. The van der Waals surface area contributed by atoms with E-state index < -0.39 is 0 Å². The van der Waals surface area contributed by atoms with Gasteiger partial charge in [0, 0.05) is 11.9 Å². The summed E-state index contributed by atoms with van der Waals surface area (Å²) in [6.07, 6.45) is 1.33. The van der Waals surface area contributed by atoms with Crippen LogP contribution in [0.15, 0.2) is 48.8 Å². The second kappa shape index (κ2) is 5.13. The molecule has 4 nitrogen and oxygen atoms in total. The van der Waals surface area contributed by atoms with Gasteiger partial charge in [-0.2, -0.15) is 0 Å². The summed E-state index contributed by atoms with van der Waals surface area (Å²) >= 11 is 0. The van der Waals surface area contributed by atoms with E-state index >= 15 is 0 Å². The molecule has 0 unspecified atom stereocenters. The zero-order valence-electron chi connectivity index (χ0n) is 10.5. The number of halogens is 1. The van der Waals surface area contributed by atoms with Crippen molar-refractivity contribution in [2.45, 2.75) is 6.54 Å². The Morgan fingerprint density at radius 3 is 2.80 bits per heavy atom. The first-order valence-electron chi connectivity index (χ1n) is 6.15. The quantitative estimate of drug-likeness (QED) is 0.767. The summed E-state index contributed by atoms with van der Waals surface area (Å²) in [5, 5.41) is 13.2. The molecule has 100 valence electrons. The van der Waals surface area contributed by atoms with E-state index in [0.29, 0.717) is 23.3 Å². The minimum Gasteiger partial charge on any atom is -0.508 e. The van der Waals surface area contributed by atoms with E-state index in [1.54, 1.807) is 30.3 Å². The number of rotatable bonds is 3. The number of para-hydroxylation sites is 1. The van der Waals surface area contributed by atoms with Gasteiger partial charge >= 0.3 is 0 Å². The van der Waals surface area contributed by atoms with Crippen molar-refractivity contribution in [3.05, 3.63) is 60.2 Å². The molecule has 2 N–H and O–H groups in total. The van der Waals surface area contributed by atoms with Gasteiger partial charge in [0.2, 0.25) is 0 Å². The Hall–Kier alpha value is -2.69. The van der Waals surface area contributed by atoms with Crippen LogP contribution in [-0.2, 0) is 6.54 Å². The predicted molar refractivity (Wildman–Crippen MR) is 74.9 cm³/mol. The Balaban J connectivity index is 1.90. The summed E-state index contributed by atoms with van der Waals surface area (Å²) in [5.41, 5.74) is 1.20. The Bertz CT molecular complexity index is 761. The topological polar surface area (TPSA) is 58.0 Å². The third-order valence-electron chi connectivity index (χ3n) is 2.99. The summed E-state index contributed by atoms with van der Waals surface area (Å²) in [4.78, 5) is 8.08. The molecule has 1 aromatic heterocycles. The van der Waals surface area contributed by atoms with Crippen LogP contribution in [0.2, 0.25) is 0 Å². The van der Waals surface area contributed by atoms with Crippen molar-refractivity contribution in [2.24, 2.45) is 0 Å². The number of nitrogens with one attached hydrogen (secondary N) is 1. The maximum absolute atomic E-state index is 13.6. The molecule has 5 heteroatoms. The number of fused-ring (bicyclic) bond motifs is 1. The minimum atomic E-state index is -0.370. The summed E-state index contributed by atoms with van der Waals surface area (Å²) in [7, 11) is 0. The van der Waals surface area contributed by atoms with Gasteiger partial charge in [-0.05, 0) is 29.8 Å². The molecule has 0 atom stereocenters. The van der Waals surface area contributed by atoms with Crippen LogP contribution in [0.3, 0.4) is 0 Å². The van der Waals surface area contributed by atoms with Crippen LogP contribution in [-0.4, -0.2) is 15.1 Å². The van der Waals surface area contributed by atoms with Gasteiger partial charge < -0.3 is 10.4 Å². The normalized spacial score (nSPS) is 10.7. The number of phenols is 1. The van der Waals surface area contributed by atoms with E-state index in [0.717, 1.165) is 5.56 Å². The molecular weight excluding hydrogens is 257 g/mol. The molecule has 0 saturated carbocycles. The third-order valence-corrected chi connectivity index (χ3v) is 2.99. The first-order valence-corrected chi connectivity index (χ1v) is 6.15. The van der Waals surface area contributed by atoms with Crippen LogP contribution in [0.25, 0.3) is 10.9 Å². The summed E-state index contributed by atoms with van der Waals surface area (Å²) in [6.45, 7) is 0.483. The molecule has 0 fully saturated rings. The standard InChI is InChI=1S/C15H12FN3O/c16-13-6-2-5-12-14(13)18-9-19-15(12)17-8-10-3-1-4-11(20)7-10/h1-7,9,20H,8H2,(H,17,18,19). The van der Waals surface area contributed by atoms with Crippen LogP contribution < -0.4 is 5.32 Å². The Labute approximate surface area is 114 Å². The molecule has 2 aromatic carbocycles. The van der Waals surface area contributed by atoms with Gasteiger partial charge in [0.25, 0.3) is 0 Å². The fraction of sp³-hybridized carbons (Fsp3) is 0.0667. The zero-order valence-corrected chi connectivity index (χ0v) is 10.5. The lowest BCUT2D eigenvalue weighted by Crippen LogP contribution is -2.02. The molecule has 0 radical (unpaired) electrons. The van der Waals surface area contributed by atoms with Crippen LogP contribution in [0.5, 0.6) is 5.75 Å². The van der Waals surface area contributed by atoms with Crippen molar-refractivity contribution in [3.8, 4) is 5.75 Å². The van der Waals surface area contributed by atoms with Gasteiger partial charge in [-0.3, -0.25) is 0 Å². The highest BCUT2D eigenvalue weighted by molar-refractivity contribution is 5.89. The highest BCUT2D eigenvalue weighted by Crippen LogP contribution is 2.22. The molecule has 1 heterocycles. The second-order valence-corrected chi connectivity index (χ2v) is 4.38. The van der Waals surface area contributed by atoms with Gasteiger partial charge in [0.05, 0.1) is 0 Å². The van der Waals surface area contributed by atoms with Gasteiger partial charge in [0.15, 0.2) is 0 Å². The van der Waals surface area contributed by atoms with Crippen molar-refractivity contribution >= 4 is 16.7 Å². The van der Waals surface area contributed by atoms with Crippen molar-refractivity contribution in [3.63, 3.8) is 0 Å². The summed E-state index contributed by atoms with van der Waals surface area (Å²) < 4.78 is 13.6. The van der Waals surface area contributed by atoms with Crippen LogP contribution in [0.1, 0.15) is 5.56 Å². The highest BCUT2D eigenvalue weighted by Gasteiger charge is 2.07. The second-order valence-electron chi connectivity index (χ2n) is 4.38. The lowest BCUT2D eigenvalue weighted by Gasteiger charge is -2.08. The van der Waals surface area contributed by atoms with E-state index in [-0.39, 0.29) is 11.6 Å². The number of hydrogen-bond acceptors (Lipinski definition) is 4. The summed E-state index contributed by atoms with van der Waals surface area (Å²) in [5.74, 6) is 0.408. The molecule has 0 aliphatic carbocycles. The highest BCUT2D eigenvalue weighted by atomic mass is 19.1. The van der Waals surface area contributed by atoms with Gasteiger partial charge in [0.1, 0.15) is 29.2 Å². The van der Waals surface area contributed by atoms with Crippen LogP contribution in [0.4, 0.5) is 10.2 Å². The Morgan fingerprint density at radius 2 is 1.95 bits per heavy atom. The van der Waals surface area contributed by atoms with Gasteiger partial charge in [-0.15, -0.1) is 0 Å². The van der Waals surface area contributed by atoms with Crippen LogP contribution in [0, 0.1) is 5.82 Å². The van der Waals surface area contributed by atoms with Gasteiger partial charge in [-0.25, -0.2) is 14.4 Å². The average Bonchev–Trinajstić information content (AvgIpc) is 2.46. The van der Waals surface area contributed by atoms with E-state index in [4.69, 9.17) is 0 Å². The van der Waals surface area contributed by atoms with Crippen LogP contribution >= 0.6 is 0 Å². The molecule has 0 aliphatic rings. The Kier molecular flexibility index (Phi) is 3.16. The number of aromatic hydroxyl groups is 1. The molecule has 0 spiro atoms. The molecule has 3 aromatic rings. The fourth-order valence-electron chi connectivity index (χ4n) is 2.04. The van der Waals surface area contributed by atoms with Gasteiger partial charge in [-0.1, -0.05) is 18.2 Å². The molecule has 0 amide bonds.